The molecule has 0 saturated heterocycles. The van der Waals surface area contributed by atoms with E-state index < -0.39 is 12.0 Å². The van der Waals surface area contributed by atoms with E-state index in [2.05, 4.69) is 4.99 Å². The number of thiazole rings is 1. The molecule has 5 rings (SSSR count). The second-order valence-corrected chi connectivity index (χ2v) is 9.92. The van der Waals surface area contributed by atoms with Gasteiger partial charge in [-0.15, -0.1) is 11.3 Å². The first kappa shape index (κ1) is 23.0. The van der Waals surface area contributed by atoms with E-state index in [0.29, 0.717) is 20.6 Å². The summed E-state index contributed by atoms with van der Waals surface area (Å²) in [6.07, 6.45) is 1.83. The number of methoxy groups -OCH3 is 1. The van der Waals surface area contributed by atoms with E-state index >= 15 is 0 Å². The van der Waals surface area contributed by atoms with Gasteiger partial charge in [0.1, 0.15) is 18.4 Å². The number of ether oxygens (including phenoxy) is 2. The van der Waals surface area contributed by atoms with Crippen molar-refractivity contribution in [3.8, 4) is 5.75 Å². The molecule has 1 aliphatic rings. The highest BCUT2D eigenvalue weighted by Crippen LogP contribution is 2.33. The molecule has 176 valence electrons. The Morgan fingerprint density at radius 3 is 2.54 bits per heavy atom. The topological polar surface area (TPSA) is 69.9 Å². The van der Waals surface area contributed by atoms with Crippen molar-refractivity contribution >= 4 is 34.7 Å². The number of hydrogen-bond donors (Lipinski definition) is 0. The van der Waals surface area contributed by atoms with Gasteiger partial charge in [0, 0.05) is 4.88 Å². The maximum absolute atomic E-state index is 13.6. The highest BCUT2D eigenvalue weighted by Gasteiger charge is 2.34. The van der Waals surface area contributed by atoms with Gasteiger partial charge in [-0.25, -0.2) is 9.79 Å². The van der Waals surface area contributed by atoms with Crippen LogP contribution in [0.2, 0.25) is 0 Å². The number of nitrogens with zero attached hydrogens (tertiary/aromatic N) is 2. The summed E-state index contributed by atoms with van der Waals surface area (Å²) in [5.41, 5.74) is 2.51. The lowest BCUT2D eigenvalue weighted by molar-refractivity contribution is -0.140. The van der Waals surface area contributed by atoms with Crippen molar-refractivity contribution < 1.29 is 14.3 Å². The fourth-order valence-corrected chi connectivity index (χ4v) is 5.82. The van der Waals surface area contributed by atoms with Gasteiger partial charge in [0.05, 0.1) is 22.9 Å². The van der Waals surface area contributed by atoms with E-state index in [9.17, 15) is 9.59 Å². The van der Waals surface area contributed by atoms with Crippen molar-refractivity contribution in [3.63, 3.8) is 0 Å². The Kier molecular flexibility index (Phi) is 6.48. The molecule has 0 radical (unpaired) electrons. The van der Waals surface area contributed by atoms with Gasteiger partial charge in [0.15, 0.2) is 4.80 Å². The Morgan fingerprint density at radius 1 is 1.09 bits per heavy atom. The number of thiophene rings is 1. The third-order valence-electron chi connectivity index (χ3n) is 5.68. The molecule has 6 nitrogen and oxygen atoms in total. The molecular formula is C27H22N2O4S2. The maximum atomic E-state index is 13.6. The van der Waals surface area contributed by atoms with E-state index in [0.717, 1.165) is 21.8 Å². The van der Waals surface area contributed by atoms with Gasteiger partial charge in [-0.2, -0.15) is 0 Å². The Bertz CT molecular complexity index is 1560. The summed E-state index contributed by atoms with van der Waals surface area (Å²) in [4.78, 5) is 33.0. The Labute approximate surface area is 209 Å². The summed E-state index contributed by atoms with van der Waals surface area (Å²) in [6, 6.07) is 20.3. The number of carbonyl (C=O) groups is 1. The van der Waals surface area contributed by atoms with Crippen LogP contribution >= 0.6 is 22.7 Å². The normalized spacial score (nSPS) is 15.5. The molecule has 0 amide bonds. The Morgan fingerprint density at radius 2 is 1.86 bits per heavy atom. The van der Waals surface area contributed by atoms with Crippen LogP contribution in [0.15, 0.2) is 93.2 Å². The van der Waals surface area contributed by atoms with E-state index in [1.54, 1.807) is 18.6 Å². The predicted octanol–water partition coefficient (Wildman–Crippen LogP) is 4.05. The second-order valence-electron chi connectivity index (χ2n) is 7.93. The zero-order valence-electron chi connectivity index (χ0n) is 19.1. The molecule has 0 bridgehead atoms. The molecule has 2 aromatic heterocycles. The van der Waals surface area contributed by atoms with Crippen LogP contribution in [0, 0.1) is 0 Å². The number of aromatic nitrogens is 1. The maximum Gasteiger partial charge on any atom is 0.338 e. The minimum absolute atomic E-state index is 0.148. The fraction of sp³-hybridized carbons (Fsp3) is 0.148. The third kappa shape index (κ3) is 4.62. The minimum Gasteiger partial charge on any atom is -0.497 e. The first-order chi connectivity index (χ1) is 17.0. The first-order valence-electron chi connectivity index (χ1n) is 11.0. The van der Waals surface area contributed by atoms with Crippen molar-refractivity contribution in [2.45, 2.75) is 19.6 Å². The zero-order chi connectivity index (χ0) is 24.4. The number of hydrogen-bond acceptors (Lipinski definition) is 7. The van der Waals surface area contributed by atoms with Crippen LogP contribution in [-0.2, 0) is 16.1 Å². The molecular weight excluding hydrogens is 480 g/mol. The number of allylic oxidation sites excluding steroid dienone is 1. The zero-order valence-corrected chi connectivity index (χ0v) is 20.8. The Balaban J connectivity index is 1.56. The quantitative estimate of drug-likeness (QED) is 0.373. The molecule has 0 fully saturated rings. The van der Waals surface area contributed by atoms with Crippen LogP contribution in [0.5, 0.6) is 5.75 Å². The van der Waals surface area contributed by atoms with Gasteiger partial charge in [0.25, 0.3) is 5.56 Å². The average Bonchev–Trinajstić information content (AvgIpc) is 3.51. The SMILES string of the molecule is COc1ccc(/C=c2\sc3n(c2=O)C(c2cccs2)C(C(=O)OCc2ccccc2)=C(C)N=3)cc1. The summed E-state index contributed by atoms with van der Waals surface area (Å²) < 4.78 is 13.0. The van der Waals surface area contributed by atoms with E-state index in [-0.39, 0.29) is 12.2 Å². The number of fused-ring (bicyclic) bond motifs is 1. The molecule has 0 saturated carbocycles. The lowest BCUT2D eigenvalue weighted by atomic mass is 10.0. The van der Waals surface area contributed by atoms with Crippen molar-refractivity contribution in [1.29, 1.82) is 0 Å². The van der Waals surface area contributed by atoms with Crippen LogP contribution in [-0.4, -0.2) is 17.6 Å². The van der Waals surface area contributed by atoms with Crippen molar-refractivity contribution in [3.05, 3.63) is 119 Å². The number of rotatable bonds is 6. The van der Waals surface area contributed by atoms with Crippen molar-refractivity contribution in [1.82, 2.24) is 4.57 Å². The molecule has 35 heavy (non-hydrogen) atoms. The Hall–Kier alpha value is -3.75. The van der Waals surface area contributed by atoms with Crippen LogP contribution in [0.4, 0.5) is 0 Å². The van der Waals surface area contributed by atoms with Gasteiger partial charge < -0.3 is 9.47 Å². The van der Waals surface area contributed by atoms with Crippen LogP contribution in [0.25, 0.3) is 6.08 Å². The van der Waals surface area contributed by atoms with Crippen LogP contribution < -0.4 is 19.6 Å². The summed E-state index contributed by atoms with van der Waals surface area (Å²) >= 11 is 2.80. The predicted molar refractivity (Wildman–Crippen MR) is 137 cm³/mol. The molecule has 1 unspecified atom stereocenters. The highest BCUT2D eigenvalue weighted by atomic mass is 32.1. The van der Waals surface area contributed by atoms with E-state index in [4.69, 9.17) is 9.47 Å². The standard InChI is InChI=1S/C27H22N2O4S2/c1-17-23(26(31)33-16-19-7-4-3-5-8-19)24(21-9-6-14-34-21)29-25(30)22(35-27(29)28-17)15-18-10-12-20(32-2)13-11-18/h3-15,24H,16H2,1-2H3/b22-15-. The number of carbonyl (C=O) groups excluding carboxylic acids is 1. The molecule has 3 heterocycles. The van der Waals surface area contributed by atoms with Gasteiger partial charge in [-0.05, 0) is 47.7 Å². The van der Waals surface area contributed by atoms with E-state index in [1.165, 1.54) is 22.7 Å². The lowest BCUT2D eigenvalue weighted by Gasteiger charge is -2.23. The average molecular weight is 503 g/mol. The minimum atomic E-state index is -0.590. The van der Waals surface area contributed by atoms with Gasteiger partial charge in [-0.3, -0.25) is 9.36 Å². The highest BCUT2D eigenvalue weighted by molar-refractivity contribution is 7.10. The van der Waals surface area contributed by atoms with Crippen molar-refractivity contribution in [2.24, 2.45) is 4.99 Å². The molecule has 1 atom stereocenters. The monoisotopic (exact) mass is 502 g/mol. The van der Waals surface area contributed by atoms with Crippen LogP contribution in [0.3, 0.4) is 0 Å². The number of esters is 1. The van der Waals surface area contributed by atoms with Gasteiger partial charge >= 0.3 is 5.97 Å². The lowest BCUT2D eigenvalue weighted by Crippen LogP contribution is -2.39. The number of benzene rings is 2. The molecule has 4 aromatic rings. The van der Waals surface area contributed by atoms with Crippen LogP contribution in [0.1, 0.15) is 29.0 Å². The molecule has 0 N–H and O–H groups in total. The largest absolute Gasteiger partial charge is 0.497 e. The summed E-state index contributed by atoms with van der Waals surface area (Å²) in [5, 5.41) is 1.94. The molecule has 8 heteroatoms. The van der Waals surface area contributed by atoms with Gasteiger partial charge in [0.2, 0.25) is 0 Å². The molecule has 2 aromatic carbocycles. The smallest absolute Gasteiger partial charge is 0.338 e. The first-order valence-corrected chi connectivity index (χ1v) is 12.7. The molecule has 0 aliphatic carbocycles. The summed E-state index contributed by atoms with van der Waals surface area (Å²) in [5.74, 6) is 0.272. The summed E-state index contributed by atoms with van der Waals surface area (Å²) in [7, 11) is 1.61. The van der Waals surface area contributed by atoms with Crippen molar-refractivity contribution in [2.75, 3.05) is 7.11 Å². The second kappa shape index (κ2) is 9.85. The summed E-state index contributed by atoms with van der Waals surface area (Å²) in [6.45, 7) is 1.94. The molecule has 0 spiro atoms. The fourth-order valence-electron chi connectivity index (χ4n) is 3.95. The van der Waals surface area contributed by atoms with E-state index in [1.807, 2.05) is 78.2 Å². The third-order valence-corrected chi connectivity index (χ3v) is 7.59. The van der Waals surface area contributed by atoms with Gasteiger partial charge in [-0.1, -0.05) is 59.9 Å². The molecule has 1 aliphatic heterocycles.